The Morgan fingerprint density at radius 1 is 1.20 bits per heavy atom. The molecule has 0 radical (unpaired) electrons. The number of thiophene rings is 1. The second-order valence-electron chi connectivity index (χ2n) is 3.07. The highest BCUT2D eigenvalue weighted by atomic mass is 32.1. The molecule has 0 amide bonds. The molecule has 74 valence electrons. The first kappa shape index (κ1) is 9.77. The Balaban J connectivity index is 2.31. The van der Waals surface area contributed by atoms with Crippen LogP contribution >= 0.6 is 11.3 Å². The van der Waals surface area contributed by atoms with Crippen LogP contribution in [0.3, 0.4) is 0 Å². The number of nitrogens with zero attached hydrogens (tertiary/aromatic N) is 3. The van der Waals surface area contributed by atoms with Crippen molar-refractivity contribution in [2.24, 2.45) is 5.11 Å². The molecule has 1 aromatic carbocycles. The Hall–Kier alpha value is -1.77. The van der Waals surface area contributed by atoms with Crippen LogP contribution in [-0.2, 0) is 6.42 Å². The Labute approximate surface area is 91.6 Å². The standard InChI is InChI=1S/C11H9N3S/c12-14-13-11-6-2-1-4-9(11)8-10-5-3-7-15-10/h1-7H,8H2. The number of rotatable bonds is 3. The van der Waals surface area contributed by atoms with E-state index in [2.05, 4.69) is 16.1 Å². The van der Waals surface area contributed by atoms with Gasteiger partial charge in [-0.1, -0.05) is 35.4 Å². The maximum Gasteiger partial charge on any atom is 0.0411 e. The predicted octanol–water partition coefficient (Wildman–Crippen LogP) is 4.28. The molecule has 0 saturated carbocycles. The van der Waals surface area contributed by atoms with Crippen molar-refractivity contribution in [1.82, 2.24) is 0 Å². The van der Waals surface area contributed by atoms with Crippen LogP contribution in [0.15, 0.2) is 46.9 Å². The molecule has 2 rings (SSSR count). The van der Waals surface area contributed by atoms with Gasteiger partial charge < -0.3 is 0 Å². The lowest BCUT2D eigenvalue weighted by atomic mass is 10.1. The van der Waals surface area contributed by atoms with Gasteiger partial charge in [0.1, 0.15) is 0 Å². The van der Waals surface area contributed by atoms with E-state index in [1.165, 1.54) is 4.88 Å². The third-order valence-corrected chi connectivity index (χ3v) is 2.97. The molecule has 4 heteroatoms. The van der Waals surface area contributed by atoms with Gasteiger partial charge in [-0.15, -0.1) is 11.3 Å². The summed E-state index contributed by atoms with van der Waals surface area (Å²) in [5.41, 5.74) is 10.2. The number of hydrogen-bond donors (Lipinski definition) is 0. The van der Waals surface area contributed by atoms with Crippen molar-refractivity contribution in [3.63, 3.8) is 0 Å². The van der Waals surface area contributed by atoms with Crippen LogP contribution in [0.1, 0.15) is 10.4 Å². The van der Waals surface area contributed by atoms with Gasteiger partial charge in [0.15, 0.2) is 0 Å². The van der Waals surface area contributed by atoms with Gasteiger partial charge in [0.2, 0.25) is 0 Å². The van der Waals surface area contributed by atoms with Crippen molar-refractivity contribution in [3.05, 3.63) is 62.7 Å². The molecule has 0 saturated heterocycles. The zero-order valence-electron chi connectivity index (χ0n) is 8.00. The minimum atomic E-state index is 0.716. The number of azide groups is 1. The molecule has 15 heavy (non-hydrogen) atoms. The summed E-state index contributed by atoms with van der Waals surface area (Å²) in [6.07, 6.45) is 0.826. The van der Waals surface area contributed by atoms with E-state index in [1.54, 1.807) is 11.3 Å². The van der Waals surface area contributed by atoms with Gasteiger partial charge in [0.25, 0.3) is 0 Å². The van der Waals surface area contributed by atoms with E-state index in [0.717, 1.165) is 12.0 Å². The van der Waals surface area contributed by atoms with Gasteiger partial charge in [-0.25, -0.2) is 0 Å². The molecule has 1 heterocycles. The molecule has 1 aromatic heterocycles. The maximum atomic E-state index is 8.43. The molecular formula is C11H9N3S. The summed E-state index contributed by atoms with van der Waals surface area (Å²) in [6, 6.07) is 11.8. The Bertz CT molecular complexity index is 484. The first-order valence-electron chi connectivity index (χ1n) is 4.55. The zero-order valence-corrected chi connectivity index (χ0v) is 8.81. The molecular weight excluding hydrogens is 206 g/mol. The van der Waals surface area contributed by atoms with Crippen molar-refractivity contribution < 1.29 is 0 Å². The van der Waals surface area contributed by atoms with Crippen molar-refractivity contribution >= 4 is 17.0 Å². The molecule has 0 N–H and O–H groups in total. The molecule has 0 aliphatic carbocycles. The SMILES string of the molecule is [N-]=[N+]=Nc1ccccc1Cc1cccs1. The van der Waals surface area contributed by atoms with E-state index >= 15 is 0 Å². The smallest absolute Gasteiger partial charge is 0.0411 e. The fourth-order valence-corrected chi connectivity index (χ4v) is 2.13. The van der Waals surface area contributed by atoms with Crippen molar-refractivity contribution in [1.29, 1.82) is 0 Å². The van der Waals surface area contributed by atoms with Gasteiger partial charge in [-0.2, -0.15) is 0 Å². The zero-order chi connectivity index (χ0) is 10.5. The Morgan fingerprint density at radius 2 is 2.07 bits per heavy atom. The lowest BCUT2D eigenvalue weighted by Crippen LogP contribution is -1.84. The minimum absolute atomic E-state index is 0.716. The highest BCUT2D eigenvalue weighted by Crippen LogP contribution is 2.23. The van der Waals surface area contributed by atoms with Crippen LogP contribution < -0.4 is 0 Å². The summed E-state index contributed by atoms with van der Waals surface area (Å²) in [5, 5.41) is 5.72. The number of benzene rings is 1. The summed E-state index contributed by atoms with van der Waals surface area (Å²) < 4.78 is 0. The third-order valence-electron chi connectivity index (χ3n) is 2.09. The minimum Gasteiger partial charge on any atom is -0.149 e. The van der Waals surface area contributed by atoms with E-state index in [9.17, 15) is 0 Å². The van der Waals surface area contributed by atoms with Crippen LogP contribution in [0.2, 0.25) is 0 Å². The van der Waals surface area contributed by atoms with Crippen molar-refractivity contribution in [3.8, 4) is 0 Å². The summed E-state index contributed by atoms with van der Waals surface area (Å²) in [4.78, 5) is 4.10. The average molecular weight is 215 g/mol. The molecule has 3 nitrogen and oxygen atoms in total. The van der Waals surface area contributed by atoms with E-state index < -0.39 is 0 Å². The predicted molar refractivity (Wildman–Crippen MR) is 62.4 cm³/mol. The molecule has 0 atom stereocenters. The van der Waals surface area contributed by atoms with E-state index in [1.807, 2.05) is 35.7 Å². The second-order valence-corrected chi connectivity index (χ2v) is 4.11. The Morgan fingerprint density at radius 3 is 2.80 bits per heavy atom. The van der Waals surface area contributed by atoms with Crippen LogP contribution in [-0.4, -0.2) is 0 Å². The lowest BCUT2D eigenvalue weighted by molar-refractivity contribution is 1.22. The van der Waals surface area contributed by atoms with Crippen LogP contribution in [0.5, 0.6) is 0 Å². The highest BCUT2D eigenvalue weighted by molar-refractivity contribution is 7.09. The molecule has 2 aromatic rings. The summed E-state index contributed by atoms with van der Waals surface area (Å²) in [7, 11) is 0. The summed E-state index contributed by atoms with van der Waals surface area (Å²) in [5.74, 6) is 0. The summed E-state index contributed by atoms with van der Waals surface area (Å²) >= 11 is 1.71. The lowest BCUT2D eigenvalue weighted by Gasteiger charge is -2.02. The Kier molecular flexibility index (Phi) is 3.02. The first-order valence-corrected chi connectivity index (χ1v) is 5.43. The van der Waals surface area contributed by atoms with Gasteiger partial charge in [0, 0.05) is 21.9 Å². The van der Waals surface area contributed by atoms with Crippen LogP contribution in [0.25, 0.3) is 10.4 Å². The third kappa shape index (κ3) is 2.37. The first-order chi connectivity index (χ1) is 7.40. The molecule has 0 unspecified atom stereocenters. The van der Waals surface area contributed by atoms with Gasteiger partial charge in [0.05, 0.1) is 0 Å². The van der Waals surface area contributed by atoms with E-state index in [4.69, 9.17) is 5.53 Å². The van der Waals surface area contributed by atoms with Crippen molar-refractivity contribution in [2.45, 2.75) is 6.42 Å². The maximum absolute atomic E-state index is 8.43. The monoisotopic (exact) mass is 215 g/mol. The van der Waals surface area contributed by atoms with Gasteiger partial charge in [-0.05, 0) is 22.5 Å². The van der Waals surface area contributed by atoms with Crippen LogP contribution in [0, 0.1) is 0 Å². The van der Waals surface area contributed by atoms with Gasteiger partial charge in [-0.3, -0.25) is 0 Å². The van der Waals surface area contributed by atoms with E-state index in [-0.39, 0.29) is 0 Å². The molecule has 0 bridgehead atoms. The second kappa shape index (κ2) is 4.64. The molecule has 0 spiro atoms. The van der Waals surface area contributed by atoms with Crippen LogP contribution in [0.4, 0.5) is 5.69 Å². The van der Waals surface area contributed by atoms with Crippen molar-refractivity contribution in [2.75, 3.05) is 0 Å². The molecule has 0 fully saturated rings. The van der Waals surface area contributed by atoms with E-state index in [0.29, 0.717) is 5.69 Å². The molecule has 0 aliphatic rings. The fourth-order valence-electron chi connectivity index (χ4n) is 1.41. The largest absolute Gasteiger partial charge is 0.149 e. The molecule has 0 aliphatic heterocycles. The van der Waals surface area contributed by atoms with Gasteiger partial charge >= 0.3 is 0 Å². The topological polar surface area (TPSA) is 48.8 Å². The highest BCUT2D eigenvalue weighted by Gasteiger charge is 2.01. The average Bonchev–Trinajstić information content (AvgIpc) is 2.74. The number of hydrogen-bond acceptors (Lipinski definition) is 2. The fraction of sp³-hybridized carbons (Fsp3) is 0.0909. The quantitative estimate of drug-likeness (QED) is 0.417. The summed E-state index contributed by atoms with van der Waals surface area (Å²) in [6.45, 7) is 0. The normalized spacial score (nSPS) is 9.60.